The topological polar surface area (TPSA) is 58.6 Å². The molecule has 2 amide bonds. The predicted molar refractivity (Wildman–Crippen MR) is 72.3 cm³/mol. The number of nitrogens with zero attached hydrogens (tertiary/aromatic N) is 1. The van der Waals surface area contributed by atoms with E-state index >= 15 is 0 Å². The van der Waals surface area contributed by atoms with Crippen LogP contribution in [0.1, 0.15) is 18.9 Å². The number of anilines is 1. The van der Waals surface area contributed by atoms with E-state index in [1.165, 1.54) is 4.90 Å². The third-order valence-electron chi connectivity index (χ3n) is 2.93. The molecule has 0 unspecified atom stereocenters. The van der Waals surface area contributed by atoms with E-state index in [9.17, 15) is 9.59 Å². The molecule has 0 saturated heterocycles. The van der Waals surface area contributed by atoms with Gasteiger partial charge in [0.2, 0.25) is 5.91 Å². The molecule has 2 rings (SSSR count). The third kappa shape index (κ3) is 3.05. The standard InChI is InChI=1S/C14H18N2O3/c1-3-6-15-13(17)8-16-11-5-4-10(2)7-12(11)19-9-14(16)18/h4-5,7H,3,6,8-9H2,1-2H3,(H,15,17). The lowest BCUT2D eigenvalue weighted by Gasteiger charge is -2.29. The zero-order valence-electron chi connectivity index (χ0n) is 11.2. The molecule has 0 aliphatic carbocycles. The van der Waals surface area contributed by atoms with Gasteiger partial charge in [0.05, 0.1) is 5.69 Å². The molecule has 102 valence electrons. The van der Waals surface area contributed by atoms with Crippen molar-refractivity contribution in [3.63, 3.8) is 0 Å². The number of hydrogen-bond acceptors (Lipinski definition) is 3. The highest BCUT2D eigenvalue weighted by Crippen LogP contribution is 2.32. The average molecular weight is 262 g/mol. The summed E-state index contributed by atoms with van der Waals surface area (Å²) < 4.78 is 5.39. The van der Waals surface area contributed by atoms with E-state index in [0.29, 0.717) is 18.0 Å². The Labute approximate surface area is 112 Å². The maximum Gasteiger partial charge on any atom is 0.265 e. The molecule has 1 heterocycles. The fourth-order valence-electron chi connectivity index (χ4n) is 1.95. The van der Waals surface area contributed by atoms with E-state index in [0.717, 1.165) is 12.0 Å². The Morgan fingerprint density at radius 2 is 2.26 bits per heavy atom. The van der Waals surface area contributed by atoms with Crippen molar-refractivity contribution in [1.82, 2.24) is 5.32 Å². The molecule has 0 aromatic heterocycles. The molecule has 19 heavy (non-hydrogen) atoms. The number of carbonyl (C=O) groups is 2. The second-order valence-electron chi connectivity index (χ2n) is 4.59. The van der Waals surface area contributed by atoms with Crippen LogP contribution in [-0.4, -0.2) is 31.5 Å². The number of ether oxygens (including phenoxy) is 1. The Balaban J connectivity index is 2.16. The summed E-state index contributed by atoms with van der Waals surface area (Å²) in [7, 11) is 0. The molecule has 5 heteroatoms. The minimum absolute atomic E-state index is 0.0164. The van der Waals surface area contributed by atoms with Crippen LogP contribution in [-0.2, 0) is 9.59 Å². The average Bonchev–Trinajstić information content (AvgIpc) is 2.39. The molecule has 1 aliphatic heterocycles. The number of fused-ring (bicyclic) bond motifs is 1. The molecule has 1 aromatic carbocycles. The van der Waals surface area contributed by atoms with Gasteiger partial charge in [-0.15, -0.1) is 0 Å². The molecule has 0 radical (unpaired) electrons. The lowest BCUT2D eigenvalue weighted by atomic mass is 10.1. The normalized spacial score (nSPS) is 13.8. The quantitative estimate of drug-likeness (QED) is 0.888. The highest BCUT2D eigenvalue weighted by atomic mass is 16.5. The highest BCUT2D eigenvalue weighted by molar-refractivity contribution is 6.02. The van der Waals surface area contributed by atoms with Gasteiger partial charge in [0.1, 0.15) is 12.3 Å². The Hall–Kier alpha value is -2.04. The van der Waals surface area contributed by atoms with Gasteiger partial charge in [-0.1, -0.05) is 13.0 Å². The summed E-state index contributed by atoms with van der Waals surface area (Å²) >= 11 is 0. The van der Waals surface area contributed by atoms with E-state index in [1.54, 1.807) is 0 Å². The Morgan fingerprint density at radius 1 is 1.47 bits per heavy atom. The first kappa shape index (κ1) is 13.4. The van der Waals surface area contributed by atoms with Crippen molar-refractivity contribution in [2.45, 2.75) is 20.3 Å². The smallest absolute Gasteiger partial charge is 0.265 e. The molecule has 0 bridgehead atoms. The van der Waals surface area contributed by atoms with Crippen molar-refractivity contribution in [2.75, 3.05) is 24.6 Å². The largest absolute Gasteiger partial charge is 0.482 e. The molecule has 0 saturated carbocycles. The Bertz CT molecular complexity index is 499. The fraction of sp³-hybridized carbons (Fsp3) is 0.429. The van der Waals surface area contributed by atoms with Crippen LogP contribution in [0.2, 0.25) is 0 Å². The molecule has 1 N–H and O–H groups in total. The number of rotatable bonds is 4. The lowest BCUT2D eigenvalue weighted by molar-refractivity contribution is -0.125. The van der Waals surface area contributed by atoms with E-state index < -0.39 is 0 Å². The first-order chi connectivity index (χ1) is 9.11. The van der Waals surface area contributed by atoms with Crippen LogP contribution in [0.5, 0.6) is 5.75 Å². The van der Waals surface area contributed by atoms with Gasteiger partial charge in [-0.25, -0.2) is 0 Å². The molecule has 1 aromatic rings. The monoisotopic (exact) mass is 262 g/mol. The maximum absolute atomic E-state index is 11.9. The van der Waals surface area contributed by atoms with Gasteiger partial charge in [0.15, 0.2) is 6.61 Å². The second-order valence-corrected chi connectivity index (χ2v) is 4.59. The van der Waals surface area contributed by atoms with Crippen molar-refractivity contribution in [2.24, 2.45) is 0 Å². The maximum atomic E-state index is 11.9. The van der Waals surface area contributed by atoms with Gasteiger partial charge >= 0.3 is 0 Å². The zero-order chi connectivity index (χ0) is 13.8. The van der Waals surface area contributed by atoms with E-state index in [1.807, 2.05) is 32.0 Å². The molecule has 0 atom stereocenters. The van der Waals surface area contributed by atoms with Crippen LogP contribution in [0.25, 0.3) is 0 Å². The Morgan fingerprint density at radius 3 is 3.00 bits per heavy atom. The first-order valence-corrected chi connectivity index (χ1v) is 6.42. The number of benzene rings is 1. The van der Waals surface area contributed by atoms with Crippen molar-refractivity contribution in [3.05, 3.63) is 23.8 Å². The third-order valence-corrected chi connectivity index (χ3v) is 2.93. The molecule has 1 aliphatic rings. The van der Waals surface area contributed by atoms with Crippen LogP contribution in [0.4, 0.5) is 5.69 Å². The van der Waals surface area contributed by atoms with E-state index in [2.05, 4.69) is 5.32 Å². The van der Waals surface area contributed by atoms with E-state index in [-0.39, 0.29) is 25.0 Å². The van der Waals surface area contributed by atoms with Crippen molar-refractivity contribution >= 4 is 17.5 Å². The van der Waals surface area contributed by atoms with Gasteiger partial charge in [-0.05, 0) is 31.0 Å². The number of hydrogen-bond donors (Lipinski definition) is 1. The van der Waals surface area contributed by atoms with Gasteiger partial charge in [-0.2, -0.15) is 0 Å². The van der Waals surface area contributed by atoms with Crippen molar-refractivity contribution in [1.29, 1.82) is 0 Å². The zero-order valence-corrected chi connectivity index (χ0v) is 11.2. The summed E-state index contributed by atoms with van der Waals surface area (Å²) in [6.07, 6.45) is 0.874. The Kier molecular flexibility index (Phi) is 4.04. The lowest BCUT2D eigenvalue weighted by Crippen LogP contribution is -2.45. The second kappa shape index (κ2) is 5.73. The first-order valence-electron chi connectivity index (χ1n) is 6.42. The summed E-state index contributed by atoms with van der Waals surface area (Å²) in [6.45, 7) is 4.59. The molecule has 0 spiro atoms. The molecule has 0 fully saturated rings. The summed E-state index contributed by atoms with van der Waals surface area (Å²) in [4.78, 5) is 25.1. The summed E-state index contributed by atoms with van der Waals surface area (Å²) in [5.74, 6) is 0.314. The van der Waals surface area contributed by atoms with Crippen molar-refractivity contribution in [3.8, 4) is 5.75 Å². The number of carbonyl (C=O) groups excluding carboxylic acids is 2. The molecular weight excluding hydrogens is 244 g/mol. The van der Waals surface area contributed by atoms with Gasteiger partial charge in [-0.3, -0.25) is 14.5 Å². The molecule has 5 nitrogen and oxygen atoms in total. The van der Waals surface area contributed by atoms with Gasteiger partial charge in [0.25, 0.3) is 5.91 Å². The predicted octanol–water partition coefficient (Wildman–Crippen LogP) is 1.25. The SMILES string of the molecule is CCCNC(=O)CN1C(=O)COc2cc(C)ccc21. The van der Waals surface area contributed by atoms with E-state index in [4.69, 9.17) is 4.74 Å². The van der Waals surface area contributed by atoms with Crippen LogP contribution >= 0.6 is 0 Å². The summed E-state index contributed by atoms with van der Waals surface area (Å²) in [5, 5.41) is 2.77. The van der Waals surface area contributed by atoms with Gasteiger partial charge < -0.3 is 10.1 Å². The fourth-order valence-corrected chi connectivity index (χ4v) is 1.95. The number of amides is 2. The van der Waals surface area contributed by atoms with Crippen LogP contribution in [0, 0.1) is 6.92 Å². The van der Waals surface area contributed by atoms with Crippen LogP contribution < -0.4 is 15.0 Å². The van der Waals surface area contributed by atoms with Crippen molar-refractivity contribution < 1.29 is 14.3 Å². The van der Waals surface area contributed by atoms with Gasteiger partial charge in [0, 0.05) is 6.54 Å². The minimum atomic E-state index is -0.192. The summed E-state index contributed by atoms with van der Waals surface area (Å²) in [6, 6.07) is 5.59. The highest BCUT2D eigenvalue weighted by Gasteiger charge is 2.27. The number of nitrogens with one attached hydrogen (secondary N) is 1. The minimum Gasteiger partial charge on any atom is -0.482 e. The molecular formula is C14H18N2O3. The van der Waals surface area contributed by atoms with Crippen LogP contribution in [0.15, 0.2) is 18.2 Å². The number of aryl methyl sites for hydroxylation is 1. The summed E-state index contributed by atoms with van der Waals surface area (Å²) in [5.41, 5.74) is 1.72. The van der Waals surface area contributed by atoms with Crippen LogP contribution in [0.3, 0.4) is 0 Å².